The van der Waals surface area contributed by atoms with E-state index in [4.69, 9.17) is 9.47 Å². The van der Waals surface area contributed by atoms with E-state index in [9.17, 15) is 19.6 Å². The fourth-order valence-corrected chi connectivity index (χ4v) is 4.66. The number of hydrogen-bond acceptors (Lipinski definition) is 7. The molecule has 0 bridgehead atoms. The predicted molar refractivity (Wildman–Crippen MR) is 133 cm³/mol. The number of amides is 2. The largest absolute Gasteiger partial charge is 0.488 e. The number of carbonyl (C=O) groups is 3. The average molecular weight is 487 g/mol. The summed E-state index contributed by atoms with van der Waals surface area (Å²) in [7, 11) is 0. The van der Waals surface area contributed by atoms with Crippen LogP contribution in [-0.2, 0) is 20.9 Å². The van der Waals surface area contributed by atoms with Crippen molar-refractivity contribution in [3.63, 3.8) is 0 Å². The van der Waals surface area contributed by atoms with Crippen LogP contribution >= 0.6 is 11.8 Å². The Morgan fingerprint density at radius 3 is 2.63 bits per heavy atom. The van der Waals surface area contributed by atoms with E-state index in [1.54, 1.807) is 31.2 Å². The van der Waals surface area contributed by atoms with E-state index in [2.05, 4.69) is 6.07 Å². The van der Waals surface area contributed by atoms with Crippen molar-refractivity contribution in [2.45, 2.75) is 26.5 Å². The summed E-state index contributed by atoms with van der Waals surface area (Å²) < 4.78 is 11.1. The highest BCUT2D eigenvalue weighted by atomic mass is 32.2. The molecule has 0 aliphatic carbocycles. The summed E-state index contributed by atoms with van der Waals surface area (Å²) in [5, 5.41) is 10.6. The summed E-state index contributed by atoms with van der Waals surface area (Å²) in [6.07, 6.45) is 1.62. The molecule has 0 spiro atoms. The molecule has 1 aliphatic heterocycles. The molecule has 8 heteroatoms. The first kappa shape index (κ1) is 24.0. The van der Waals surface area contributed by atoms with Crippen molar-refractivity contribution < 1.29 is 23.9 Å². The summed E-state index contributed by atoms with van der Waals surface area (Å²) in [6.45, 7) is 3.44. The first-order valence-electron chi connectivity index (χ1n) is 11.0. The van der Waals surface area contributed by atoms with Crippen molar-refractivity contribution in [1.82, 2.24) is 4.90 Å². The number of imide groups is 1. The van der Waals surface area contributed by atoms with Gasteiger partial charge in [0.2, 0.25) is 0 Å². The molecule has 2 amide bonds. The molecule has 7 nitrogen and oxygen atoms in total. The van der Waals surface area contributed by atoms with Gasteiger partial charge in [0, 0.05) is 11.1 Å². The smallest absolute Gasteiger partial charge is 0.329 e. The lowest BCUT2D eigenvalue weighted by molar-refractivity contribution is -0.150. The molecule has 3 aromatic rings. The van der Waals surface area contributed by atoms with Crippen LogP contribution in [0, 0.1) is 11.3 Å². The summed E-state index contributed by atoms with van der Waals surface area (Å²) in [5.74, 6) is -0.697. The second-order valence-corrected chi connectivity index (χ2v) is 8.73. The van der Waals surface area contributed by atoms with Crippen LogP contribution in [0.1, 0.15) is 30.5 Å². The molecular formula is C27H22N2O5S. The van der Waals surface area contributed by atoms with Gasteiger partial charge in [-0.15, -0.1) is 0 Å². The topological polar surface area (TPSA) is 96.7 Å². The van der Waals surface area contributed by atoms with Gasteiger partial charge < -0.3 is 9.47 Å². The zero-order valence-electron chi connectivity index (χ0n) is 19.2. The number of carbonyl (C=O) groups excluding carboxylic acids is 3. The maximum absolute atomic E-state index is 13.1. The summed E-state index contributed by atoms with van der Waals surface area (Å²) in [5.41, 5.74) is 1.88. The van der Waals surface area contributed by atoms with Crippen LogP contribution in [0.15, 0.2) is 65.6 Å². The Balaban J connectivity index is 1.71. The van der Waals surface area contributed by atoms with Gasteiger partial charge in [-0.3, -0.25) is 14.5 Å². The SMILES string of the molecule is CCOC(=O)[C@@H](C)N1C(=O)S/C(=C\c2c(OCc3ccccc3C#N)ccc3ccccc23)C1=O. The third kappa shape index (κ3) is 4.91. The normalized spacial score (nSPS) is 15.3. The maximum atomic E-state index is 13.1. The van der Waals surface area contributed by atoms with Gasteiger partial charge in [0.05, 0.1) is 23.1 Å². The number of ether oxygens (including phenoxy) is 2. The zero-order chi connectivity index (χ0) is 24.9. The second kappa shape index (κ2) is 10.5. The van der Waals surface area contributed by atoms with E-state index in [0.29, 0.717) is 16.9 Å². The standard InChI is InChI=1S/C27H22N2O5S/c1-3-33-26(31)17(2)29-25(30)24(35-27(29)32)14-22-21-11-7-6-8-18(21)12-13-23(22)34-16-20-10-5-4-9-19(20)15-28/h4-14,17H,3,16H2,1-2H3/b24-14-/t17-/m1/s1. The van der Waals surface area contributed by atoms with Gasteiger partial charge in [-0.05, 0) is 54.6 Å². The van der Waals surface area contributed by atoms with E-state index in [-0.39, 0.29) is 18.1 Å². The maximum Gasteiger partial charge on any atom is 0.329 e. The van der Waals surface area contributed by atoms with Crippen LogP contribution in [0.5, 0.6) is 5.75 Å². The van der Waals surface area contributed by atoms with E-state index in [0.717, 1.165) is 33.0 Å². The Bertz CT molecular complexity index is 1390. The van der Waals surface area contributed by atoms with Crippen molar-refractivity contribution in [3.05, 3.63) is 82.3 Å². The van der Waals surface area contributed by atoms with Crippen molar-refractivity contribution in [2.75, 3.05) is 6.61 Å². The molecule has 35 heavy (non-hydrogen) atoms. The molecule has 0 saturated carbocycles. The number of esters is 1. The zero-order valence-corrected chi connectivity index (χ0v) is 20.0. The highest BCUT2D eigenvalue weighted by molar-refractivity contribution is 8.18. The minimum absolute atomic E-state index is 0.154. The summed E-state index contributed by atoms with van der Waals surface area (Å²) in [6, 6.07) is 19.6. The average Bonchev–Trinajstić information content (AvgIpc) is 3.15. The van der Waals surface area contributed by atoms with Gasteiger partial charge in [-0.25, -0.2) is 4.79 Å². The lowest BCUT2D eigenvalue weighted by Gasteiger charge is -2.19. The molecule has 1 heterocycles. The molecule has 3 aromatic carbocycles. The number of benzene rings is 3. The van der Waals surface area contributed by atoms with Crippen LogP contribution in [0.4, 0.5) is 4.79 Å². The highest BCUT2D eigenvalue weighted by Gasteiger charge is 2.41. The minimum Gasteiger partial charge on any atom is -0.488 e. The van der Waals surface area contributed by atoms with Gasteiger partial charge in [-0.2, -0.15) is 5.26 Å². The quantitative estimate of drug-likeness (QED) is 0.331. The first-order chi connectivity index (χ1) is 16.9. The van der Waals surface area contributed by atoms with Crippen LogP contribution in [0.25, 0.3) is 16.8 Å². The van der Waals surface area contributed by atoms with Crippen molar-refractivity contribution in [1.29, 1.82) is 5.26 Å². The van der Waals surface area contributed by atoms with E-state index < -0.39 is 23.2 Å². The lowest BCUT2D eigenvalue weighted by Crippen LogP contribution is -2.42. The fourth-order valence-electron chi connectivity index (χ4n) is 3.77. The van der Waals surface area contributed by atoms with Crippen LogP contribution < -0.4 is 4.74 Å². The van der Waals surface area contributed by atoms with E-state index in [1.807, 2.05) is 42.5 Å². The molecule has 0 N–H and O–H groups in total. The summed E-state index contributed by atoms with van der Waals surface area (Å²) in [4.78, 5) is 39.0. The Labute approximate surface area is 206 Å². The number of rotatable bonds is 7. The molecule has 0 aromatic heterocycles. The van der Waals surface area contributed by atoms with Gasteiger partial charge in [0.1, 0.15) is 18.4 Å². The third-order valence-corrected chi connectivity index (χ3v) is 6.45. The Morgan fingerprint density at radius 1 is 1.11 bits per heavy atom. The van der Waals surface area contributed by atoms with Gasteiger partial charge in [-0.1, -0.05) is 48.5 Å². The molecule has 0 radical (unpaired) electrons. The third-order valence-electron chi connectivity index (χ3n) is 5.57. The van der Waals surface area contributed by atoms with Gasteiger partial charge >= 0.3 is 5.97 Å². The van der Waals surface area contributed by atoms with Gasteiger partial charge in [0.15, 0.2) is 0 Å². The summed E-state index contributed by atoms with van der Waals surface area (Å²) >= 11 is 0.770. The number of nitriles is 1. The van der Waals surface area contributed by atoms with Crippen molar-refractivity contribution in [2.24, 2.45) is 0 Å². The van der Waals surface area contributed by atoms with Gasteiger partial charge in [0.25, 0.3) is 11.1 Å². The van der Waals surface area contributed by atoms with Crippen LogP contribution in [0.2, 0.25) is 0 Å². The second-order valence-electron chi connectivity index (χ2n) is 7.74. The van der Waals surface area contributed by atoms with Crippen molar-refractivity contribution >= 4 is 45.7 Å². The van der Waals surface area contributed by atoms with Crippen LogP contribution in [0.3, 0.4) is 0 Å². The molecule has 1 fully saturated rings. The number of nitrogens with zero attached hydrogens (tertiary/aromatic N) is 2. The predicted octanol–water partition coefficient (Wildman–Crippen LogP) is 5.28. The highest BCUT2D eigenvalue weighted by Crippen LogP contribution is 2.38. The number of thioether (sulfide) groups is 1. The van der Waals surface area contributed by atoms with E-state index in [1.165, 1.54) is 6.92 Å². The molecule has 1 saturated heterocycles. The molecule has 0 unspecified atom stereocenters. The molecular weight excluding hydrogens is 464 g/mol. The number of hydrogen-bond donors (Lipinski definition) is 0. The molecule has 4 rings (SSSR count). The fraction of sp³-hybridized carbons (Fsp3) is 0.185. The van der Waals surface area contributed by atoms with Crippen molar-refractivity contribution in [3.8, 4) is 11.8 Å². The van der Waals surface area contributed by atoms with E-state index >= 15 is 0 Å². The Kier molecular flexibility index (Phi) is 7.18. The minimum atomic E-state index is -1.03. The lowest BCUT2D eigenvalue weighted by atomic mass is 10.0. The molecule has 1 aliphatic rings. The first-order valence-corrected chi connectivity index (χ1v) is 11.8. The Hall–Kier alpha value is -4.09. The molecule has 1 atom stereocenters. The molecule has 176 valence electrons. The monoisotopic (exact) mass is 486 g/mol. The number of fused-ring (bicyclic) bond motifs is 1. The van der Waals surface area contributed by atoms with Crippen LogP contribution in [-0.4, -0.2) is 34.7 Å². The Morgan fingerprint density at radius 2 is 1.86 bits per heavy atom.